The molecule has 0 unspecified atom stereocenters. The third-order valence-electron chi connectivity index (χ3n) is 8.38. The Morgan fingerprint density at radius 1 is 0.846 bits per heavy atom. The number of hydrogen-bond donors (Lipinski definition) is 1. The smallest absolute Gasteiger partial charge is 0.306 e. The van der Waals surface area contributed by atoms with Crippen molar-refractivity contribution in [2.24, 2.45) is 23.7 Å². The second-order valence-corrected chi connectivity index (χ2v) is 11.1. The molecule has 12 heteroatoms. The number of aliphatic carboxylic acids is 1. The van der Waals surface area contributed by atoms with Crippen molar-refractivity contribution in [1.29, 1.82) is 0 Å². The monoisotopic (exact) mass is 560 g/mol. The van der Waals surface area contributed by atoms with Crippen LogP contribution in [0.2, 0.25) is 0 Å². The molecule has 4 aliphatic heterocycles. The molecule has 0 aromatic heterocycles. The molecule has 1 spiro atoms. The van der Waals surface area contributed by atoms with E-state index in [-0.39, 0.29) is 37.9 Å². The van der Waals surface area contributed by atoms with Crippen LogP contribution in [-0.4, -0.2) is 93.9 Å². The number of carboxylic acids is 1. The van der Waals surface area contributed by atoms with Crippen LogP contribution in [0.4, 0.5) is 0 Å². The van der Waals surface area contributed by atoms with Gasteiger partial charge in [0.05, 0.1) is 59.1 Å². The molecule has 4 saturated heterocycles. The summed E-state index contributed by atoms with van der Waals surface area (Å²) in [7, 11) is 0. The lowest BCUT2D eigenvalue weighted by Crippen LogP contribution is -2.70. The highest BCUT2D eigenvalue weighted by Gasteiger charge is 2.69. The quantitative estimate of drug-likeness (QED) is 0.169. The predicted molar refractivity (Wildman–Crippen MR) is 133 cm³/mol. The van der Waals surface area contributed by atoms with Gasteiger partial charge in [0.1, 0.15) is 6.61 Å². The molecule has 4 heterocycles. The largest absolute Gasteiger partial charge is 0.481 e. The molecular formula is C27H44O12. The van der Waals surface area contributed by atoms with Gasteiger partial charge in [0, 0.05) is 18.3 Å². The molecule has 2 bridgehead atoms. The molecule has 8 atom stereocenters. The molecule has 1 saturated carbocycles. The maximum Gasteiger partial charge on any atom is 0.306 e. The number of rotatable bonds is 16. The van der Waals surface area contributed by atoms with Crippen molar-refractivity contribution in [3.05, 3.63) is 0 Å². The van der Waals surface area contributed by atoms with E-state index in [1.54, 1.807) is 0 Å². The second kappa shape index (κ2) is 14.0. The minimum absolute atomic E-state index is 0.0827. The van der Waals surface area contributed by atoms with Crippen LogP contribution in [0, 0.1) is 23.7 Å². The molecule has 5 fully saturated rings. The van der Waals surface area contributed by atoms with Gasteiger partial charge in [-0.05, 0) is 38.0 Å². The van der Waals surface area contributed by atoms with Gasteiger partial charge in [-0.1, -0.05) is 13.8 Å². The van der Waals surface area contributed by atoms with E-state index in [2.05, 4.69) is 13.8 Å². The van der Waals surface area contributed by atoms with Gasteiger partial charge in [0.25, 0.3) is 0 Å². The Balaban J connectivity index is 1.06. The fourth-order valence-electron chi connectivity index (χ4n) is 6.32. The molecule has 1 aliphatic carbocycles. The number of esters is 1. The van der Waals surface area contributed by atoms with Crippen LogP contribution in [0.1, 0.15) is 59.3 Å². The summed E-state index contributed by atoms with van der Waals surface area (Å²) in [6.45, 7) is 9.07. The van der Waals surface area contributed by atoms with Gasteiger partial charge < -0.3 is 38.3 Å². The van der Waals surface area contributed by atoms with E-state index in [1.165, 1.54) is 0 Å². The summed E-state index contributed by atoms with van der Waals surface area (Å²) in [5.74, 6) is -1.17. The lowest BCUT2D eigenvalue weighted by molar-refractivity contribution is -0.577. The average molecular weight is 561 g/mol. The molecule has 12 nitrogen and oxygen atoms in total. The van der Waals surface area contributed by atoms with Crippen LogP contribution in [0.3, 0.4) is 0 Å². The topological polar surface area (TPSA) is 137 Å². The first-order valence-corrected chi connectivity index (χ1v) is 14.2. The molecule has 5 rings (SSSR count). The summed E-state index contributed by atoms with van der Waals surface area (Å²) in [5.41, 5.74) is -0.586. The van der Waals surface area contributed by atoms with Gasteiger partial charge in [-0.25, -0.2) is 9.78 Å². The minimum atomic E-state index is -1.03. The summed E-state index contributed by atoms with van der Waals surface area (Å²) in [5, 5.41) is 8.52. The zero-order chi connectivity index (χ0) is 27.9. The van der Waals surface area contributed by atoms with Crippen molar-refractivity contribution >= 4 is 11.9 Å². The standard InChI is InChI=1S/C27H44O12/c1-18-4-5-21-19(2)24(36-25-27(21)20(18)8-9-26(3,37-25)38-39-27)35-17-15-33-13-11-31-10-12-32-14-16-34-23(30)7-6-22(28)29/h18-21,24-25H,4-17H2,1-3H3,(H,28,29)/t18-,19-,20+,21+,24+,25-,26-,27-/m1/s1. The first-order valence-electron chi connectivity index (χ1n) is 14.2. The summed E-state index contributed by atoms with van der Waals surface area (Å²) in [6, 6.07) is 0. The molecule has 1 N–H and O–H groups in total. The van der Waals surface area contributed by atoms with Crippen molar-refractivity contribution in [2.75, 3.05) is 52.9 Å². The zero-order valence-corrected chi connectivity index (χ0v) is 23.3. The molecule has 0 radical (unpaired) electrons. The van der Waals surface area contributed by atoms with Crippen molar-refractivity contribution in [3.63, 3.8) is 0 Å². The van der Waals surface area contributed by atoms with Gasteiger partial charge in [0.15, 0.2) is 18.2 Å². The van der Waals surface area contributed by atoms with E-state index in [1.807, 2.05) is 6.92 Å². The van der Waals surface area contributed by atoms with Gasteiger partial charge in [0.2, 0.25) is 5.79 Å². The van der Waals surface area contributed by atoms with Gasteiger partial charge in [-0.3, -0.25) is 9.59 Å². The molecule has 0 aromatic carbocycles. The highest BCUT2D eigenvalue weighted by molar-refractivity contribution is 5.76. The summed E-state index contributed by atoms with van der Waals surface area (Å²) < 4.78 is 40.2. The number of hydrogen-bond acceptors (Lipinski definition) is 11. The maximum atomic E-state index is 11.3. The van der Waals surface area contributed by atoms with Gasteiger partial charge >= 0.3 is 11.9 Å². The van der Waals surface area contributed by atoms with Crippen LogP contribution >= 0.6 is 0 Å². The lowest BCUT2D eigenvalue weighted by Gasteiger charge is -2.60. The summed E-state index contributed by atoms with van der Waals surface area (Å²) in [4.78, 5) is 33.7. The third-order valence-corrected chi connectivity index (χ3v) is 8.38. The summed E-state index contributed by atoms with van der Waals surface area (Å²) >= 11 is 0. The van der Waals surface area contributed by atoms with E-state index >= 15 is 0 Å². The van der Waals surface area contributed by atoms with Crippen LogP contribution in [0.5, 0.6) is 0 Å². The van der Waals surface area contributed by atoms with Crippen molar-refractivity contribution in [3.8, 4) is 0 Å². The normalized spacial score (nSPS) is 37.2. The Bertz CT molecular complexity index is 810. The predicted octanol–water partition coefficient (Wildman–Crippen LogP) is 2.67. The fraction of sp³-hybridized carbons (Fsp3) is 0.926. The zero-order valence-electron chi connectivity index (χ0n) is 23.3. The summed E-state index contributed by atoms with van der Waals surface area (Å²) in [6.07, 6.45) is 2.66. The number of ether oxygens (including phenoxy) is 7. The highest BCUT2D eigenvalue weighted by atomic mass is 17.3. The van der Waals surface area contributed by atoms with E-state index in [0.29, 0.717) is 51.5 Å². The van der Waals surface area contributed by atoms with Gasteiger partial charge in [-0.15, -0.1) is 0 Å². The molecule has 0 amide bonds. The number of fused-ring (bicyclic) bond motifs is 2. The van der Waals surface area contributed by atoms with Crippen LogP contribution < -0.4 is 0 Å². The van der Waals surface area contributed by atoms with Gasteiger partial charge in [-0.2, -0.15) is 0 Å². The van der Waals surface area contributed by atoms with Crippen LogP contribution in [0.15, 0.2) is 0 Å². The Kier molecular flexibility index (Phi) is 11.0. The number of carbonyl (C=O) groups is 2. The minimum Gasteiger partial charge on any atom is -0.481 e. The SMILES string of the molecule is C[C@H]1[C@@H](OCCOCCOCCOCCOC(=O)CCC(=O)O)O[C@@H]2O[C@@]3(C)CC[C@H]4[C@H](C)CC[C@@H]1[C@@]24OO3. The fourth-order valence-corrected chi connectivity index (χ4v) is 6.32. The molecular weight excluding hydrogens is 516 g/mol. The Morgan fingerprint density at radius 3 is 2.21 bits per heavy atom. The second-order valence-electron chi connectivity index (χ2n) is 11.1. The van der Waals surface area contributed by atoms with E-state index in [4.69, 9.17) is 48.0 Å². The van der Waals surface area contributed by atoms with Crippen molar-refractivity contribution in [1.82, 2.24) is 0 Å². The van der Waals surface area contributed by atoms with E-state index < -0.39 is 35.9 Å². The van der Waals surface area contributed by atoms with Crippen LogP contribution in [0.25, 0.3) is 0 Å². The van der Waals surface area contributed by atoms with E-state index in [9.17, 15) is 9.59 Å². The molecule has 0 aromatic rings. The Hall–Kier alpha value is -1.38. The first kappa shape index (κ1) is 30.6. The first-order chi connectivity index (χ1) is 18.7. The Morgan fingerprint density at radius 2 is 1.51 bits per heavy atom. The molecule has 224 valence electrons. The third kappa shape index (κ3) is 7.48. The van der Waals surface area contributed by atoms with Crippen LogP contribution in [-0.2, 0) is 52.5 Å². The van der Waals surface area contributed by atoms with Crippen molar-refractivity contribution < 1.29 is 57.6 Å². The number of carboxylic acid groups (broad SMARTS) is 1. The average Bonchev–Trinajstić information content (AvgIpc) is 3.14. The lowest BCUT2D eigenvalue weighted by atomic mass is 9.58. The van der Waals surface area contributed by atoms with Crippen molar-refractivity contribution in [2.45, 2.75) is 83.3 Å². The highest BCUT2D eigenvalue weighted by Crippen LogP contribution is 2.60. The number of carbonyl (C=O) groups excluding carboxylic acids is 1. The molecule has 39 heavy (non-hydrogen) atoms. The molecule has 5 aliphatic rings. The maximum absolute atomic E-state index is 11.3. The van der Waals surface area contributed by atoms with E-state index in [0.717, 1.165) is 25.7 Å². The Labute approximate surface area is 229 Å².